The van der Waals surface area contributed by atoms with Crippen LogP contribution in [0.5, 0.6) is 0 Å². The fourth-order valence-electron chi connectivity index (χ4n) is 1.40. The van der Waals surface area contributed by atoms with Crippen LogP contribution >= 0.6 is 18.8 Å². The van der Waals surface area contributed by atoms with Crippen molar-refractivity contribution in [2.24, 2.45) is 0 Å². The molecule has 2 unspecified atom stereocenters. The maximum atomic E-state index is 5.90. The summed E-state index contributed by atoms with van der Waals surface area (Å²) in [5.41, 5.74) is 1.09. The monoisotopic (exact) mass is 248 g/mol. The van der Waals surface area contributed by atoms with E-state index in [9.17, 15) is 0 Å². The van der Waals surface area contributed by atoms with Crippen molar-refractivity contribution in [3.05, 3.63) is 34.9 Å². The Morgan fingerprint density at radius 1 is 1.50 bits per heavy atom. The Morgan fingerprint density at radius 2 is 2.36 bits per heavy atom. The van der Waals surface area contributed by atoms with Gasteiger partial charge in [-0.15, -0.1) is 0 Å². The van der Waals surface area contributed by atoms with Crippen LogP contribution in [0.3, 0.4) is 0 Å². The van der Waals surface area contributed by atoms with Crippen LogP contribution in [0.15, 0.2) is 24.3 Å². The topological polar surface area (TPSA) is 18.5 Å². The average molecular weight is 249 g/mol. The molecule has 0 N–H and O–H groups in total. The predicted molar refractivity (Wildman–Crippen MR) is 61.5 cm³/mol. The molecule has 0 aromatic heterocycles. The maximum Gasteiger partial charge on any atom is 0.176 e. The third kappa shape index (κ3) is 2.56. The Hall–Kier alpha value is 0.0800. The highest BCUT2D eigenvalue weighted by atomic mass is 35.5. The Kier molecular flexibility index (Phi) is 3.58. The molecular weight excluding hydrogens is 239 g/mol. The van der Waals surface area contributed by atoms with Crippen molar-refractivity contribution in [1.82, 2.24) is 0 Å². The highest BCUT2D eigenvalue weighted by Crippen LogP contribution is 2.40. The van der Waals surface area contributed by atoms with Crippen LogP contribution in [0.4, 0.5) is 0 Å². The molecule has 2 rings (SSSR count). The van der Waals surface area contributed by atoms with Crippen LogP contribution in [0.2, 0.25) is 5.02 Å². The van der Waals surface area contributed by atoms with E-state index in [0.717, 1.165) is 17.0 Å². The first kappa shape index (κ1) is 10.6. The lowest BCUT2D eigenvalue weighted by Gasteiger charge is -2.24. The van der Waals surface area contributed by atoms with Gasteiger partial charge >= 0.3 is 0 Å². The lowest BCUT2D eigenvalue weighted by molar-refractivity contribution is 0.119. The molecule has 1 fully saturated rings. The Bertz CT molecular complexity index is 358. The Balaban J connectivity index is 2.17. The van der Waals surface area contributed by atoms with Gasteiger partial charge in [-0.25, -0.2) is 0 Å². The molecule has 0 radical (unpaired) electrons. The second-order valence-corrected chi connectivity index (χ2v) is 5.51. The largest absolute Gasteiger partial charge is 0.331 e. The minimum absolute atomic E-state index is 0.0637. The van der Waals surface area contributed by atoms with Gasteiger partial charge in [0.15, 0.2) is 7.15 Å². The van der Waals surface area contributed by atoms with E-state index < -0.39 is 7.15 Å². The zero-order chi connectivity index (χ0) is 9.97. The van der Waals surface area contributed by atoms with Gasteiger partial charge in [-0.05, 0) is 29.5 Å². The van der Waals surface area contributed by atoms with Gasteiger partial charge in [-0.1, -0.05) is 23.7 Å². The molecule has 2 atom stereocenters. The van der Waals surface area contributed by atoms with Crippen LogP contribution in [0, 0.1) is 0 Å². The lowest BCUT2D eigenvalue weighted by atomic mass is 10.1. The number of hydrogen-bond acceptors (Lipinski definition) is 3. The first-order valence-corrected chi connectivity index (χ1v) is 7.17. The van der Waals surface area contributed by atoms with Gasteiger partial charge in [0, 0.05) is 11.4 Å². The molecule has 0 bridgehead atoms. The molecule has 1 aromatic rings. The summed E-state index contributed by atoms with van der Waals surface area (Å²) in [5, 5.41) is 0.732. The van der Waals surface area contributed by atoms with E-state index in [1.54, 1.807) is 0 Å². The van der Waals surface area contributed by atoms with Crippen molar-refractivity contribution < 1.29 is 9.05 Å². The van der Waals surface area contributed by atoms with E-state index in [2.05, 4.69) is 0 Å². The highest BCUT2D eigenvalue weighted by Gasteiger charge is 2.18. The molecule has 1 aromatic carbocycles. The number of benzene rings is 1. The third-order valence-electron chi connectivity index (χ3n) is 2.06. The van der Waals surface area contributed by atoms with Crippen molar-refractivity contribution in [3.63, 3.8) is 0 Å². The van der Waals surface area contributed by atoms with Gasteiger partial charge in [0.2, 0.25) is 0 Å². The summed E-state index contributed by atoms with van der Waals surface area (Å²) in [6.45, 7) is 0.689. The minimum atomic E-state index is -1.46. The van der Waals surface area contributed by atoms with E-state index in [1.807, 2.05) is 24.3 Å². The van der Waals surface area contributed by atoms with Crippen LogP contribution < -0.4 is 0 Å². The van der Waals surface area contributed by atoms with Crippen molar-refractivity contribution in [2.75, 3.05) is 6.61 Å². The highest BCUT2D eigenvalue weighted by molar-refractivity contribution is 8.00. The molecule has 1 saturated heterocycles. The second kappa shape index (κ2) is 4.73. The molecule has 5 heteroatoms. The molecule has 2 nitrogen and oxygen atoms in total. The molecule has 1 aliphatic heterocycles. The van der Waals surface area contributed by atoms with Crippen molar-refractivity contribution in [2.45, 2.75) is 12.5 Å². The van der Waals surface area contributed by atoms with Gasteiger partial charge in [0.25, 0.3) is 0 Å². The molecule has 1 heterocycles. The molecule has 0 amide bonds. The minimum Gasteiger partial charge on any atom is -0.331 e. The Morgan fingerprint density at radius 3 is 3.07 bits per heavy atom. The van der Waals surface area contributed by atoms with E-state index in [-0.39, 0.29) is 6.10 Å². The molecular formula is C9H10ClO2PS. The lowest BCUT2D eigenvalue weighted by Crippen LogP contribution is -2.08. The summed E-state index contributed by atoms with van der Waals surface area (Å²) in [6, 6.07) is 7.70. The quantitative estimate of drug-likeness (QED) is 0.711. The maximum absolute atomic E-state index is 5.90. The van der Waals surface area contributed by atoms with Gasteiger partial charge in [0.1, 0.15) is 0 Å². The van der Waals surface area contributed by atoms with Crippen LogP contribution in [-0.4, -0.2) is 6.61 Å². The second-order valence-electron chi connectivity index (χ2n) is 3.05. The van der Waals surface area contributed by atoms with Gasteiger partial charge in [0.05, 0.1) is 12.7 Å². The summed E-state index contributed by atoms with van der Waals surface area (Å²) in [7, 11) is -1.46. The Labute approximate surface area is 93.8 Å². The summed E-state index contributed by atoms with van der Waals surface area (Å²) < 4.78 is 10.8. The van der Waals surface area contributed by atoms with Gasteiger partial charge in [-0.3, -0.25) is 0 Å². The van der Waals surface area contributed by atoms with Crippen LogP contribution in [0.1, 0.15) is 18.1 Å². The normalized spacial score (nSPS) is 27.5. The molecule has 1 aliphatic rings. The van der Waals surface area contributed by atoms with E-state index in [1.165, 1.54) is 0 Å². The standard InChI is InChI=1S/C9H10ClO2PS/c10-8-3-1-2-7(6-8)9-4-5-11-13(14)12-9/h1-3,6,9,13H,4-5H2. The summed E-state index contributed by atoms with van der Waals surface area (Å²) in [5.74, 6) is 0. The van der Waals surface area contributed by atoms with Gasteiger partial charge < -0.3 is 9.05 Å². The fourth-order valence-corrected chi connectivity index (χ4v) is 3.04. The number of halogens is 1. The van der Waals surface area contributed by atoms with E-state index in [4.69, 9.17) is 32.5 Å². The molecule has 76 valence electrons. The van der Waals surface area contributed by atoms with E-state index in [0.29, 0.717) is 6.61 Å². The van der Waals surface area contributed by atoms with Crippen molar-refractivity contribution in [3.8, 4) is 0 Å². The number of rotatable bonds is 1. The van der Waals surface area contributed by atoms with E-state index >= 15 is 0 Å². The molecule has 0 spiro atoms. The first-order chi connectivity index (χ1) is 6.75. The fraction of sp³-hybridized carbons (Fsp3) is 0.333. The molecule has 0 aliphatic carbocycles. The van der Waals surface area contributed by atoms with Crippen LogP contribution in [0.25, 0.3) is 0 Å². The summed E-state index contributed by atoms with van der Waals surface area (Å²) in [6.07, 6.45) is 0.916. The van der Waals surface area contributed by atoms with Gasteiger partial charge in [-0.2, -0.15) is 0 Å². The average Bonchev–Trinajstić information content (AvgIpc) is 2.18. The van der Waals surface area contributed by atoms with Crippen LogP contribution in [-0.2, 0) is 20.9 Å². The first-order valence-electron chi connectivity index (χ1n) is 4.34. The number of hydrogen-bond donors (Lipinski definition) is 0. The van der Waals surface area contributed by atoms with Crippen molar-refractivity contribution >= 4 is 30.6 Å². The zero-order valence-electron chi connectivity index (χ0n) is 7.40. The zero-order valence-corrected chi connectivity index (χ0v) is 9.98. The molecule has 14 heavy (non-hydrogen) atoms. The van der Waals surface area contributed by atoms with Crippen molar-refractivity contribution in [1.29, 1.82) is 0 Å². The summed E-state index contributed by atoms with van der Waals surface area (Å²) >= 11 is 10.9. The third-order valence-corrected chi connectivity index (χ3v) is 3.85. The summed E-state index contributed by atoms with van der Waals surface area (Å²) in [4.78, 5) is 0. The smallest absolute Gasteiger partial charge is 0.176 e. The predicted octanol–water partition coefficient (Wildman–Crippen LogP) is 3.32. The SMILES string of the molecule is S=[PH]1OCCC(c2cccc(Cl)c2)O1. The molecule has 0 saturated carbocycles.